The van der Waals surface area contributed by atoms with Crippen LogP contribution in [0.3, 0.4) is 0 Å². The average molecular weight is 600 g/mol. The molecule has 1 aromatic heterocycles. The summed E-state index contributed by atoms with van der Waals surface area (Å²) in [6.45, 7) is 7.61. The van der Waals surface area contributed by atoms with Gasteiger partial charge in [-0.1, -0.05) is 12.1 Å². The summed E-state index contributed by atoms with van der Waals surface area (Å²) in [5.41, 5.74) is 0.221. The number of piperazine rings is 1. The van der Waals surface area contributed by atoms with E-state index in [2.05, 4.69) is 16.7 Å². The quantitative estimate of drug-likeness (QED) is 0.499. The summed E-state index contributed by atoms with van der Waals surface area (Å²) in [6, 6.07) is 11.5. The second-order valence-corrected chi connectivity index (χ2v) is 15.0. The molecule has 3 heterocycles. The molecule has 2 aromatic rings. The second-order valence-electron chi connectivity index (χ2n) is 11.9. The van der Waals surface area contributed by atoms with Gasteiger partial charge in [0, 0.05) is 48.4 Å². The van der Waals surface area contributed by atoms with Crippen molar-refractivity contribution < 1.29 is 22.7 Å². The SMILES string of the molecule is CC(C)(C)OC(=O)N1C2CCC(C2)C1C(=O)NC(C#N)Cc1ccc(-c2ccc(S(=O)(=O)N3CCNCC3)cc2)s1. The topological polar surface area (TPSA) is 132 Å². The first-order valence-corrected chi connectivity index (χ1v) is 16.3. The van der Waals surface area contributed by atoms with Crippen LogP contribution in [0.15, 0.2) is 41.3 Å². The first kappa shape index (κ1) is 29.5. The minimum Gasteiger partial charge on any atom is -0.444 e. The summed E-state index contributed by atoms with van der Waals surface area (Å²) in [6.07, 6.45) is 2.36. The van der Waals surface area contributed by atoms with Crippen LogP contribution in [0, 0.1) is 17.2 Å². The van der Waals surface area contributed by atoms with Crippen LogP contribution in [0.25, 0.3) is 10.4 Å². The Morgan fingerprint density at radius 2 is 1.85 bits per heavy atom. The standard InChI is InChI=1S/C29H37N5O5S2/c1-29(2,3)39-28(36)34-22-7-4-20(16-22)26(34)27(35)32-21(18-30)17-23-8-11-25(40-23)19-5-9-24(10-6-19)41(37,38)33-14-12-31-13-15-33/h5-6,8-11,20-22,26,31H,4,7,12-17H2,1-3H3,(H,32,35). The third-order valence-electron chi connectivity index (χ3n) is 7.85. The normalized spacial score (nSPS) is 23.7. The molecule has 1 aliphatic carbocycles. The first-order chi connectivity index (χ1) is 19.5. The van der Waals surface area contributed by atoms with E-state index < -0.39 is 33.8 Å². The molecule has 4 unspecified atom stereocenters. The number of carbonyl (C=O) groups is 2. The number of nitriles is 1. The van der Waals surface area contributed by atoms with E-state index in [9.17, 15) is 23.3 Å². The lowest BCUT2D eigenvalue weighted by atomic mass is 9.97. The number of hydrogen-bond donors (Lipinski definition) is 2. The van der Waals surface area contributed by atoms with Crippen LogP contribution in [-0.2, 0) is 26.0 Å². The molecule has 41 heavy (non-hydrogen) atoms. The fourth-order valence-electron chi connectivity index (χ4n) is 5.96. The summed E-state index contributed by atoms with van der Waals surface area (Å²) < 4.78 is 33.0. The predicted molar refractivity (Wildman–Crippen MR) is 156 cm³/mol. The number of sulfonamides is 1. The number of carbonyl (C=O) groups excluding carboxylic acids is 2. The van der Waals surface area contributed by atoms with Crippen molar-refractivity contribution in [1.82, 2.24) is 19.8 Å². The predicted octanol–water partition coefficient (Wildman–Crippen LogP) is 3.35. The molecule has 5 rings (SSSR count). The fraction of sp³-hybridized carbons (Fsp3) is 0.552. The monoisotopic (exact) mass is 599 g/mol. The Kier molecular flexibility index (Phi) is 8.43. The van der Waals surface area contributed by atoms with E-state index in [0.29, 0.717) is 32.6 Å². The minimum absolute atomic E-state index is 0.00998. The largest absolute Gasteiger partial charge is 0.444 e. The number of likely N-dealkylation sites (tertiary alicyclic amines) is 1. The van der Waals surface area contributed by atoms with Gasteiger partial charge in [-0.15, -0.1) is 11.3 Å². The molecule has 2 bridgehead atoms. The maximum atomic E-state index is 13.4. The zero-order valence-corrected chi connectivity index (χ0v) is 25.3. The van der Waals surface area contributed by atoms with Gasteiger partial charge in [-0.25, -0.2) is 13.2 Å². The number of piperidine rings is 1. The molecule has 0 radical (unpaired) electrons. The lowest BCUT2D eigenvalue weighted by Crippen LogP contribution is -2.55. The Hall–Kier alpha value is -2.98. The van der Waals surface area contributed by atoms with Crippen LogP contribution >= 0.6 is 11.3 Å². The zero-order chi connectivity index (χ0) is 29.4. The van der Waals surface area contributed by atoms with E-state index in [4.69, 9.17) is 4.74 Å². The Morgan fingerprint density at radius 1 is 1.15 bits per heavy atom. The van der Waals surface area contributed by atoms with Gasteiger partial charge in [-0.2, -0.15) is 9.57 Å². The number of fused-ring (bicyclic) bond motifs is 2. The van der Waals surface area contributed by atoms with Crippen molar-refractivity contribution in [2.75, 3.05) is 26.2 Å². The van der Waals surface area contributed by atoms with Gasteiger partial charge < -0.3 is 15.4 Å². The van der Waals surface area contributed by atoms with Crippen molar-refractivity contribution in [2.24, 2.45) is 5.92 Å². The highest BCUT2D eigenvalue weighted by Gasteiger charge is 2.52. The molecule has 2 N–H and O–H groups in total. The van der Waals surface area contributed by atoms with Crippen LogP contribution < -0.4 is 10.6 Å². The maximum Gasteiger partial charge on any atom is 0.411 e. The van der Waals surface area contributed by atoms with Crippen LogP contribution in [0.2, 0.25) is 0 Å². The molecule has 1 saturated carbocycles. The summed E-state index contributed by atoms with van der Waals surface area (Å²) in [5, 5.41) is 15.9. The van der Waals surface area contributed by atoms with Gasteiger partial charge in [0.15, 0.2) is 0 Å². The summed E-state index contributed by atoms with van der Waals surface area (Å²) in [4.78, 5) is 30.0. The van der Waals surface area contributed by atoms with Crippen molar-refractivity contribution >= 4 is 33.4 Å². The van der Waals surface area contributed by atoms with E-state index in [1.165, 1.54) is 15.6 Å². The molecule has 2 saturated heterocycles. The number of rotatable bonds is 7. The number of hydrogen-bond acceptors (Lipinski definition) is 8. The smallest absolute Gasteiger partial charge is 0.411 e. The molecular formula is C29H37N5O5S2. The van der Waals surface area contributed by atoms with Crippen molar-refractivity contribution in [2.45, 2.75) is 75.1 Å². The highest BCUT2D eigenvalue weighted by Crippen LogP contribution is 2.43. The van der Waals surface area contributed by atoms with Crippen molar-refractivity contribution in [3.8, 4) is 16.5 Å². The number of nitrogens with one attached hydrogen (secondary N) is 2. The third kappa shape index (κ3) is 6.43. The van der Waals surface area contributed by atoms with Crippen LogP contribution in [0.4, 0.5) is 4.79 Å². The summed E-state index contributed by atoms with van der Waals surface area (Å²) in [7, 11) is -3.53. The first-order valence-electron chi connectivity index (χ1n) is 14.1. The maximum absolute atomic E-state index is 13.4. The molecule has 4 atom stereocenters. The molecular weight excluding hydrogens is 562 g/mol. The average Bonchev–Trinajstić information content (AvgIpc) is 3.69. The Bertz CT molecular complexity index is 1420. The Morgan fingerprint density at radius 3 is 2.51 bits per heavy atom. The Balaban J connectivity index is 1.23. The second kappa shape index (κ2) is 11.7. The third-order valence-corrected chi connectivity index (χ3v) is 10.9. The minimum atomic E-state index is -3.53. The molecule has 0 spiro atoms. The van der Waals surface area contributed by atoms with Gasteiger partial charge in [0.2, 0.25) is 15.9 Å². The van der Waals surface area contributed by atoms with Gasteiger partial charge in [0.25, 0.3) is 0 Å². The van der Waals surface area contributed by atoms with Gasteiger partial charge in [-0.05, 0) is 75.8 Å². The number of ether oxygens (including phenoxy) is 1. The molecule has 3 fully saturated rings. The van der Waals surface area contributed by atoms with Gasteiger partial charge in [0.05, 0.1) is 11.0 Å². The lowest BCUT2D eigenvalue weighted by Gasteiger charge is -2.35. The molecule has 220 valence electrons. The van der Waals surface area contributed by atoms with Crippen molar-refractivity contribution in [3.05, 3.63) is 41.3 Å². The Labute approximate surface area is 245 Å². The summed E-state index contributed by atoms with van der Waals surface area (Å²) >= 11 is 1.50. The molecule has 2 amide bonds. The van der Waals surface area contributed by atoms with E-state index in [-0.39, 0.29) is 22.8 Å². The molecule has 3 aliphatic rings. The number of amides is 2. The van der Waals surface area contributed by atoms with Gasteiger partial charge >= 0.3 is 6.09 Å². The fourth-order valence-corrected chi connectivity index (χ4v) is 8.46. The molecule has 12 heteroatoms. The van der Waals surface area contributed by atoms with Crippen LogP contribution in [0.1, 0.15) is 44.9 Å². The highest BCUT2D eigenvalue weighted by atomic mass is 32.2. The van der Waals surface area contributed by atoms with Gasteiger partial charge in [-0.3, -0.25) is 9.69 Å². The van der Waals surface area contributed by atoms with E-state index in [1.807, 2.05) is 12.1 Å². The molecule has 10 nitrogen and oxygen atoms in total. The number of nitrogens with zero attached hydrogens (tertiary/aromatic N) is 3. The highest BCUT2D eigenvalue weighted by molar-refractivity contribution is 7.89. The van der Waals surface area contributed by atoms with Crippen molar-refractivity contribution in [3.63, 3.8) is 0 Å². The summed E-state index contributed by atoms with van der Waals surface area (Å²) in [5.74, 6) is -0.244. The number of thiophene rings is 1. The number of benzene rings is 1. The molecule has 2 aliphatic heterocycles. The molecule has 1 aromatic carbocycles. The van der Waals surface area contributed by atoms with Crippen LogP contribution in [-0.4, -0.2) is 79.5 Å². The van der Waals surface area contributed by atoms with Crippen LogP contribution in [0.5, 0.6) is 0 Å². The zero-order valence-electron chi connectivity index (χ0n) is 23.6. The van der Waals surface area contributed by atoms with Gasteiger partial charge in [0.1, 0.15) is 17.7 Å². The lowest BCUT2D eigenvalue weighted by molar-refractivity contribution is -0.128. The van der Waals surface area contributed by atoms with E-state index >= 15 is 0 Å². The van der Waals surface area contributed by atoms with E-state index in [0.717, 1.165) is 34.6 Å². The van der Waals surface area contributed by atoms with E-state index in [1.54, 1.807) is 49.9 Å². The van der Waals surface area contributed by atoms with Crippen molar-refractivity contribution in [1.29, 1.82) is 5.26 Å².